The first-order valence-electron chi connectivity index (χ1n) is 5.87. The number of esters is 1. The summed E-state index contributed by atoms with van der Waals surface area (Å²) in [5, 5.41) is 0.941. The molecule has 106 valence electrons. The van der Waals surface area contributed by atoms with Crippen LogP contribution in [0.3, 0.4) is 0 Å². The molecule has 0 spiro atoms. The Kier molecular flexibility index (Phi) is 6.76. The zero-order valence-corrected chi connectivity index (χ0v) is 13.0. The molecule has 6 heteroatoms. The number of rotatable bonds is 6. The lowest BCUT2D eigenvalue weighted by molar-refractivity contribution is -0.147. The summed E-state index contributed by atoms with van der Waals surface area (Å²) in [5.74, 6) is 0.191. The Morgan fingerprint density at radius 3 is 2.47 bits per heavy atom. The predicted octanol–water partition coefficient (Wildman–Crippen LogP) is 4.61. The first kappa shape index (κ1) is 16.4. The lowest BCUT2D eigenvalue weighted by atomic mass is 10.1. The Bertz CT molecular complexity index is 449. The molecule has 0 saturated heterocycles. The molecule has 0 saturated carbocycles. The molecule has 1 aromatic rings. The van der Waals surface area contributed by atoms with E-state index in [0.717, 1.165) is 6.42 Å². The molecule has 0 N–H and O–H groups in total. The van der Waals surface area contributed by atoms with E-state index in [1.165, 1.54) is 12.1 Å². The lowest BCUT2D eigenvalue weighted by Gasteiger charge is -2.11. The molecule has 0 bridgehead atoms. The minimum Gasteiger partial charge on any atom is -0.480 e. The van der Waals surface area contributed by atoms with Crippen molar-refractivity contribution in [2.45, 2.75) is 20.3 Å². The summed E-state index contributed by atoms with van der Waals surface area (Å²) >= 11 is 17.5. The monoisotopic (exact) mass is 324 g/mol. The maximum absolute atomic E-state index is 11.5. The van der Waals surface area contributed by atoms with E-state index in [2.05, 4.69) is 0 Å². The van der Waals surface area contributed by atoms with Crippen molar-refractivity contribution >= 4 is 40.8 Å². The minimum atomic E-state index is -0.442. The normalized spacial score (nSPS) is 12.1. The molecule has 1 aromatic carbocycles. The highest BCUT2D eigenvalue weighted by Gasteiger charge is 2.11. The summed E-state index contributed by atoms with van der Waals surface area (Å²) < 4.78 is 10.3. The first-order chi connectivity index (χ1) is 8.93. The Hall–Kier alpha value is -0.640. The van der Waals surface area contributed by atoms with Crippen LogP contribution in [0.1, 0.15) is 20.3 Å². The van der Waals surface area contributed by atoms with Crippen LogP contribution in [0.4, 0.5) is 0 Å². The van der Waals surface area contributed by atoms with Gasteiger partial charge >= 0.3 is 5.97 Å². The lowest BCUT2D eigenvalue weighted by Crippen LogP contribution is -2.18. The van der Waals surface area contributed by atoms with Gasteiger partial charge in [0.15, 0.2) is 6.61 Å². The van der Waals surface area contributed by atoms with Gasteiger partial charge in [-0.3, -0.25) is 0 Å². The Morgan fingerprint density at radius 1 is 1.21 bits per heavy atom. The molecule has 0 amide bonds. The summed E-state index contributed by atoms with van der Waals surface area (Å²) in [6.07, 6.45) is 0.951. The average Bonchev–Trinajstić information content (AvgIpc) is 2.38. The molecule has 1 rings (SSSR count). The number of halogens is 3. The van der Waals surface area contributed by atoms with Crippen molar-refractivity contribution in [1.82, 2.24) is 0 Å². The van der Waals surface area contributed by atoms with Gasteiger partial charge in [0.1, 0.15) is 5.75 Å². The van der Waals surface area contributed by atoms with E-state index < -0.39 is 5.97 Å². The van der Waals surface area contributed by atoms with Crippen molar-refractivity contribution in [3.05, 3.63) is 27.2 Å². The van der Waals surface area contributed by atoms with Gasteiger partial charge in [0.2, 0.25) is 0 Å². The SMILES string of the molecule is CCC(C)COC(=O)COc1cc(Cl)c(Cl)cc1Cl. The molecule has 19 heavy (non-hydrogen) atoms. The smallest absolute Gasteiger partial charge is 0.344 e. The van der Waals surface area contributed by atoms with Crippen molar-refractivity contribution in [3.8, 4) is 5.75 Å². The zero-order chi connectivity index (χ0) is 14.4. The van der Waals surface area contributed by atoms with Crippen LogP contribution in [0.5, 0.6) is 5.75 Å². The fraction of sp³-hybridized carbons (Fsp3) is 0.462. The highest BCUT2D eigenvalue weighted by atomic mass is 35.5. The van der Waals surface area contributed by atoms with Crippen LogP contribution in [-0.2, 0) is 9.53 Å². The summed E-state index contributed by atoms with van der Waals surface area (Å²) in [4.78, 5) is 11.5. The standard InChI is InChI=1S/C13H15Cl3O3/c1-3-8(2)6-19-13(17)7-18-12-5-10(15)9(14)4-11(12)16/h4-5,8H,3,6-7H2,1-2H3. The summed E-state index contributed by atoms with van der Waals surface area (Å²) in [6.45, 7) is 4.20. The summed E-state index contributed by atoms with van der Waals surface area (Å²) in [6, 6.07) is 2.93. The van der Waals surface area contributed by atoms with Crippen molar-refractivity contribution in [3.63, 3.8) is 0 Å². The maximum atomic E-state index is 11.5. The summed E-state index contributed by atoms with van der Waals surface area (Å²) in [7, 11) is 0. The number of hydrogen-bond donors (Lipinski definition) is 0. The predicted molar refractivity (Wildman–Crippen MR) is 77.4 cm³/mol. The molecule has 0 aliphatic carbocycles. The quantitative estimate of drug-likeness (QED) is 0.566. The van der Waals surface area contributed by atoms with Crippen LogP contribution in [0, 0.1) is 5.92 Å². The number of benzene rings is 1. The Labute approximate surface area is 127 Å². The second-order valence-electron chi connectivity index (χ2n) is 4.18. The molecule has 1 atom stereocenters. The van der Waals surface area contributed by atoms with Crippen LogP contribution in [0.15, 0.2) is 12.1 Å². The van der Waals surface area contributed by atoms with E-state index in [-0.39, 0.29) is 6.61 Å². The van der Waals surface area contributed by atoms with Gasteiger partial charge in [0.25, 0.3) is 0 Å². The third-order valence-electron chi connectivity index (χ3n) is 2.55. The van der Waals surface area contributed by atoms with E-state index in [1.807, 2.05) is 13.8 Å². The van der Waals surface area contributed by atoms with E-state index in [9.17, 15) is 4.79 Å². The number of hydrogen-bond acceptors (Lipinski definition) is 3. The molecule has 0 aliphatic rings. The molecule has 0 radical (unpaired) electrons. The third-order valence-corrected chi connectivity index (χ3v) is 3.56. The highest BCUT2D eigenvalue weighted by Crippen LogP contribution is 2.33. The second-order valence-corrected chi connectivity index (χ2v) is 5.40. The maximum Gasteiger partial charge on any atom is 0.344 e. The topological polar surface area (TPSA) is 35.5 Å². The van der Waals surface area contributed by atoms with Crippen molar-refractivity contribution in [1.29, 1.82) is 0 Å². The van der Waals surface area contributed by atoms with E-state index in [0.29, 0.717) is 33.3 Å². The van der Waals surface area contributed by atoms with E-state index >= 15 is 0 Å². The largest absolute Gasteiger partial charge is 0.480 e. The zero-order valence-electron chi connectivity index (χ0n) is 10.7. The summed E-state index contributed by atoms with van der Waals surface area (Å²) in [5.41, 5.74) is 0. The third kappa shape index (κ3) is 5.47. The van der Waals surface area contributed by atoms with Crippen LogP contribution in [-0.4, -0.2) is 19.2 Å². The number of carbonyl (C=O) groups excluding carboxylic acids is 1. The molecule has 0 aliphatic heterocycles. The first-order valence-corrected chi connectivity index (χ1v) is 7.00. The van der Waals surface area contributed by atoms with Crippen molar-refractivity contribution in [2.75, 3.05) is 13.2 Å². The van der Waals surface area contributed by atoms with E-state index in [4.69, 9.17) is 44.3 Å². The Balaban J connectivity index is 2.48. The number of ether oxygens (including phenoxy) is 2. The van der Waals surface area contributed by atoms with Gasteiger partial charge < -0.3 is 9.47 Å². The molecule has 0 fully saturated rings. The Morgan fingerprint density at radius 2 is 1.84 bits per heavy atom. The van der Waals surface area contributed by atoms with Gasteiger partial charge in [-0.25, -0.2) is 4.79 Å². The van der Waals surface area contributed by atoms with Crippen LogP contribution < -0.4 is 4.74 Å². The van der Waals surface area contributed by atoms with E-state index in [1.54, 1.807) is 0 Å². The van der Waals surface area contributed by atoms with Crippen LogP contribution in [0.2, 0.25) is 15.1 Å². The molecular formula is C13H15Cl3O3. The van der Waals surface area contributed by atoms with Gasteiger partial charge in [-0.2, -0.15) is 0 Å². The average molecular weight is 326 g/mol. The van der Waals surface area contributed by atoms with Gasteiger partial charge in [-0.05, 0) is 12.0 Å². The fourth-order valence-electron chi connectivity index (χ4n) is 1.15. The van der Waals surface area contributed by atoms with Gasteiger partial charge in [0, 0.05) is 6.07 Å². The van der Waals surface area contributed by atoms with Crippen molar-refractivity contribution in [2.24, 2.45) is 5.92 Å². The molecule has 0 heterocycles. The number of carbonyl (C=O) groups is 1. The van der Waals surface area contributed by atoms with Crippen molar-refractivity contribution < 1.29 is 14.3 Å². The highest BCUT2D eigenvalue weighted by molar-refractivity contribution is 6.43. The molecule has 0 aromatic heterocycles. The fourth-order valence-corrected chi connectivity index (χ4v) is 1.74. The molecular weight excluding hydrogens is 310 g/mol. The minimum absolute atomic E-state index is 0.214. The van der Waals surface area contributed by atoms with Gasteiger partial charge in [0.05, 0.1) is 21.7 Å². The molecule has 1 unspecified atom stereocenters. The van der Waals surface area contributed by atoms with Crippen LogP contribution in [0.25, 0.3) is 0 Å². The van der Waals surface area contributed by atoms with Crippen LogP contribution >= 0.6 is 34.8 Å². The molecule has 3 nitrogen and oxygen atoms in total. The van der Waals surface area contributed by atoms with Gasteiger partial charge in [-0.1, -0.05) is 55.1 Å². The second kappa shape index (κ2) is 7.83. The van der Waals surface area contributed by atoms with Gasteiger partial charge in [-0.15, -0.1) is 0 Å².